The summed E-state index contributed by atoms with van der Waals surface area (Å²) < 4.78 is 0. The normalized spacial score (nSPS) is 20.1. The van der Waals surface area contributed by atoms with Gasteiger partial charge in [0.15, 0.2) is 0 Å². The van der Waals surface area contributed by atoms with Crippen LogP contribution in [0.1, 0.15) is 22.3 Å². The molecule has 0 aliphatic carbocycles. The van der Waals surface area contributed by atoms with E-state index in [1.807, 2.05) is 0 Å². The minimum absolute atomic E-state index is 0.391. The highest BCUT2D eigenvalue weighted by atomic mass is 15.3. The minimum atomic E-state index is 0.391. The fourth-order valence-corrected chi connectivity index (χ4v) is 2.65. The van der Waals surface area contributed by atoms with Crippen LogP contribution in [0.15, 0.2) is 24.4 Å². The van der Waals surface area contributed by atoms with Gasteiger partial charge in [-0.25, -0.2) is 0 Å². The van der Waals surface area contributed by atoms with Crippen molar-refractivity contribution in [3.63, 3.8) is 0 Å². The van der Waals surface area contributed by atoms with Crippen molar-refractivity contribution in [3.05, 3.63) is 46.7 Å². The van der Waals surface area contributed by atoms with E-state index in [1.54, 1.807) is 0 Å². The van der Waals surface area contributed by atoms with Crippen LogP contribution >= 0.6 is 0 Å². The molecule has 1 saturated heterocycles. The first-order chi connectivity index (χ1) is 7.99. The average molecular weight is 230 g/mol. The molecule has 0 aromatic heterocycles. The highest BCUT2D eigenvalue weighted by Gasteiger charge is 2.23. The van der Waals surface area contributed by atoms with Crippen LogP contribution in [0.4, 0.5) is 0 Å². The van der Waals surface area contributed by atoms with Gasteiger partial charge in [0.05, 0.1) is 6.17 Å². The van der Waals surface area contributed by atoms with Crippen molar-refractivity contribution < 1.29 is 0 Å². The maximum Gasteiger partial charge on any atom is 0.0833 e. The van der Waals surface area contributed by atoms with E-state index in [2.05, 4.69) is 56.7 Å². The van der Waals surface area contributed by atoms with Crippen molar-refractivity contribution in [2.75, 3.05) is 13.6 Å². The number of aryl methyl sites for hydroxylation is 3. The Balaban J connectivity index is 2.22. The van der Waals surface area contributed by atoms with Crippen LogP contribution in [-0.2, 0) is 6.42 Å². The number of nitrogens with zero attached hydrogens (tertiary/aromatic N) is 1. The molecule has 17 heavy (non-hydrogen) atoms. The van der Waals surface area contributed by atoms with Gasteiger partial charge < -0.3 is 4.90 Å². The van der Waals surface area contributed by atoms with Crippen LogP contribution in [0.3, 0.4) is 0 Å². The van der Waals surface area contributed by atoms with Gasteiger partial charge >= 0.3 is 0 Å². The van der Waals surface area contributed by atoms with E-state index in [0.717, 1.165) is 13.0 Å². The van der Waals surface area contributed by atoms with E-state index in [0.29, 0.717) is 6.17 Å². The minimum Gasteiger partial charge on any atom is -0.361 e. The van der Waals surface area contributed by atoms with E-state index in [9.17, 15) is 0 Å². The van der Waals surface area contributed by atoms with Gasteiger partial charge in [-0.1, -0.05) is 24.3 Å². The lowest BCUT2D eigenvalue weighted by Crippen LogP contribution is -2.34. The summed E-state index contributed by atoms with van der Waals surface area (Å²) in [4.78, 5) is 2.25. The summed E-state index contributed by atoms with van der Waals surface area (Å²) in [6.45, 7) is 11.5. The SMILES string of the molecule is C=C1CN[C@H](Cc2c(C)cc(C)cc2C)N1C. The smallest absolute Gasteiger partial charge is 0.0833 e. The van der Waals surface area contributed by atoms with Crippen molar-refractivity contribution >= 4 is 0 Å². The highest BCUT2D eigenvalue weighted by molar-refractivity contribution is 5.38. The van der Waals surface area contributed by atoms with Gasteiger partial charge in [-0.05, 0) is 37.5 Å². The largest absolute Gasteiger partial charge is 0.361 e. The Morgan fingerprint density at radius 2 is 1.88 bits per heavy atom. The fraction of sp³-hybridized carbons (Fsp3) is 0.467. The third-order valence-corrected chi connectivity index (χ3v) is 3.75. The van der Waals surface area contributed by atoms with Crippen molar-refractivity contribution in [1.82, 2.24) is 10.2 Å². The fourth-order valence-electron chi connectivity index (χ4n) is 2.65. The van der Waals surface area contributed by atoms with Gasteiger partial charge in [0.25, 0.3) is 0 Å². The van der Waals surface area contributed by atoms with E-state index < -0.39 is 0 Å². The van der Waals surface area contributed by atoms with Gasteiger partial charge in [0, 0.05) is 25.7 Å². The second-order valence-electron chi connectivity index (χ2n) is 5.16. The lowest BCUT2D eigenvalue weighted by atomic mass is 9.96. The number of hydrogen-bond acceptors (Lipinski definition) is 2. The van der Waals surface area contributed by atoms with Crippen LogP contribution < -0.4 is 5.32 Å². The number of nitrogens with one attached hydrogen (secondary N) is 1. The molecule has 1 N–H and O–H groups in total. The van der Waals surface area contributed by atoms with E-state index in [1.165, 1.54) is 28.0 Å². The first-order valence-electron chi connectivity index (χ1n) is 6.19. The Kier molecular flexibility index (Phi) is 3.25. The number of hydrogen-bond donors (Lipinski definition) is 1. The zero-order chi connectivity index (χ0) is 12.6. The summed E-state index contributed by atoms with van der Waals surface area (Å²) in [5.74, 6) is 0. The number of rotatable bonds is 2. The molecule has 0 saturated carbocycles. The molecule has 0 unspecified atom stereocenters. The third-order valence-electron chi connectivity index (χ3n) is 3.75. The molecule has 0 radical (unpaired) electrons. The Hall–Kier alpha value is -1.28. The first kappa shape index (κ1) is 12.2. The van der Waals surface area contributed by atoms with Crippen molar-refractivity contribution in [1.29, 1.82) is 0 Å². The molecule has 1 atom stereocenters. The van der Waals surface area contributed by atoms with Gasteiger partial charge in [-0.2, -0.15) is 0 Å². The molecule has 1 aromatic rings. The number of likely N-dealkylation sites (N-methyl/N-ethyl adjacent to an activating group) is 1. The van der Waals surface area contributed by atoms with Crippen molar-refractivity contribution in [3.8, 4) is 0 Å². The molecule has 1 aliphatic rings. The second kappa shape index (κ2) is 4.53. The molecule has 0 amide bonds. The molecule has 1 fully saturated rings. The van der Waals surface area contributed by atoms with Crippen LogP contribution in [0, 0.1) is 20.8 Å². The van der Waals surface area contributed by atoms with E-state index in [-0.39, 0.29) is 0 Å². The summed E-state index contributed by atoms with van der Waals surface area (Å²) in [6.07, 6.45) is 1.44. The zero-order valence-corrected chi connectivity index (χ0v) is 11.3. The van der Waals surface area contributed by atoms with Gasteiger partial charge in [-0.15, -0.1) is 0 Å². The van der Waals surface area contributed by atoms with Crippen LogP contribution in [0.25, 0.3) is 0 Å². The summed E-state index contributed by atoms with van der Waals surface area (Å²) in [7, 11) is 2.12. The molecule has 1 heterocycles. The van der Waals surface area contributed by atoms with Gasteiger partial charge in [0.1, 0.15) is 0 Å². The standard InChI is InChI=1S/C15H22N2/c1-10-6-11(2)14(12(3)7-10)8-15-16-9-13(4)17(15)5/h6-7,15-16H,4,8-9H2,1-3,5H3/t15-/m0/s1. The molecule has 2 nitrogen and oxygen atoms in total. The second-order valence-corrected chi connectivity index (χ2v) is 5.16. The molecule has 0 bridgehead atoms. The Bertz CT molecular complexity index is 425. The monoisotopic (exact) mass is 230 g/mol. The van der Waals surface area contributed by atoms with Gasteiger partial charge in [0.2, 0.25) is 0 Å². The zero-order valence-electron chi connectivity index (χ0n) is 11.3. The third kappa shape index (κ3) is 2.37. The van der Waals surface area contributed by atoms with E-state index >= 15 is 0 Å². The number of benzene rings is 1. The van der Waals surface area contributed by atoms with Crippen molar-refractivity contribution in [2.24, 2.45) is 0 Å². The molecule has 1 aromatic carbocycles. The predicted molar refractivity (Wildman–Crippen MR) is 73.1 cm³/mol. The molecule has 2 heteroatoms. The predicted octanol–water partition coefficient (Wildman–Crippen LogP) is 2.53. The average Bonchev–Trinajstić information content (AvgIpc) is 2.54. The summed E-state index contributed by atoms with van der Waals surface area (Å²) >= 11 is 0. The summed E-state index contributed by atoms with van der Waals surface area (Å²) in [6, 6.07) is 4.54. The maximum atomic E-state index is 4.05. The Morgan fingerprint density at radius 3 is 2.35 bits per heavy atom. The van der Waals surface area contributed by atoms with Crippen LogP contribution in [0.2, 0.25) is 0 Å². The molecular weight excluding hydrogens is 208 g/mol. The van der Waals surface area contributed by atoms with Gasteiger partial charge in [-0.3, -0.25) is 5.32 Å². The summed E-state index contributed by atoms with van der Waals surface area (Å²) in [5.41, 5.74) is 6.79. The molecule has 0 spiro atoms. The maximum absolute atomic E-state index is 4.05. The highest BCUT2D eigenvalue weighted by Crippen LogP contribution is 2.21. The molecule has 92 valence electrons. The molecular formula is C15H22N2. The Morgan fingerprint density at radius 1 is 1.29 bits per heavy atom. The topological polar surface area (TPSA) is 15.3 Å². The molecule has 1 aliphatic heterocycles. The quantitative estimate of drug-likeness (QED) is 0.840. The summed E-state index contributed by atoms with van der Waals surface area (Å²) in [5, 5.41) is 3.50. The van der Waals surface area contributed by atoms with Crippen LogP contribution in [0.5, 0.6) is 0 Å². The lowest BCUT2D eigenvalue weighted by Gasteiger charge is -2.23. The van der Waals surface area contributed by atoms with Crippen LogP contribution in [-0.4, -0.2) is 24.7 Å². The molecule has 2 rings (SSSR count). The lowest BCUT2D eigenvalue weighted by molar-refractivity contribution is 0.326. The first-order valence-corrected chi connectivity index (χ1v) is 6.19. The van der Waals surface area contributed by atoms with Crippen molar-refractivity contribution in [2.45, 2.75) is 33.4 Å². The van der Waals surface area contributed by atoms with E-state index in [4.69, 9.17) is 0 Å². The Labute approximate surface area is 104 Å².